The molecule has 1 fully saturated rings. The van der Waals surface area contributed by atoms with Gasteiger partial charge in [0.2, 0.25) is 6.43 Å². The number of amides is 1. The van der Waals surface area contributed by atoms with Gasteiger partial charge >= 0.3 is 6.09 Å². The van der Waals surface area contributed by atoms with E-state index < -0.39 is 35.1 Å². The van der Waals surface area contributed by atoms with E-state index in [9.17, 15) is 18.4 Å². The molecule has 1 amide bonds. The van der Waals surface area contributed by atoms with Crippen molar-refractivity contribution in [2.45, 2.75) is 52.2 Å². The second kappa shape index (κ2) is 5.37. The minimum atomic E-state index is -2.49. The summed E-state index contributed by atoms with van der Waals surface area (Å²) in [6.45, 7) is 6.55. The lowest BCUT2D eigenvalue weighted by atomic mass is 10.1. The van der Waals surface area contributed by atoms with Gasteiger partial charge < -0.3 is 9.30 Å². The first-order valence-corrected chi connectivity index (χ1v) is 7.04. The quantitative estimate of drug-likeness (QED) is 0.930. The van der Waals surface area contributed by atoms with E-state index in [-0.39, 0.29) is 12.1 Å². The van der Waals surface area contributed by atoms with E-state index in [1.54, 1.807) is 20.8 Å². The number of alkyl halides is 2. The second-order valence-electron chi connectivity index (χ2n) is 6.79. The summed E-state index contributed by atoms with van der Waals surface area (Å²) in [4.78, 5) is 24.0. The Balaban J connectivity index is 2.18. The zero-order valence-electron chi connectivity index (χ0n) is 13.0. The number of nitrogens with zero attached hydrogens (tertiary/aromatic N) is 1. The lowest BCUT2D eigenvalue weighted by molar-refractivity contribution is 0.0623. The summed E-state index contributed by atoms with van der Waals surface area (Å²) < 4.78 is 32.2. The third-order valence-electron chi connectivity index (χ3n) is 3.68. The summed E-state index contributed by atoms with van der Waals surface area (Å²) in [5.41, 5.74) is -2.38. The molecule has 2 atom stereocenters. The average molecular weight is 314 g/mol. The third-order valence-corrected chi connectivity index (χ3v) is 3.68. The number of halogens is 2. The fraction of sp³-hybridized carbons (Fsp3) is 0.600. The van der Waals surface area contributed by atoms with Gasteiger partial charge in [-0.15, -0.1) is 0 Å². The van der Waals surface area contributed by atoms with Crippen LogP contribution < -0.4 is 10.9 Å². The zero-order chi connectivity index (χ0) is 16.7. The molecule has 0 radical (unpaired) electrons. The van der Waals surface area contributed by atoms with Gasteiger partial charge in [0, 0.05) is 12.2 Å². The summed E-state index contributed by atoms with van der Waals surface area (Å²) in [6, 6.07) is 2.41. The summed E-state index contributed by atoms with van der Waals surface area (Å²) in [7, 11) is 0. The highest BCUT2D eigenvalue weighted by molar-refractivity contribution is 5.84. The van der Waals surface area contributed by atoms with Gasteiger partial charge in [0.15, 0.2) is 0 Å². The van der Waals surface area contributed by atoms with Crippen molar-refractivity contribution in [3.8, 4) is 0 Å². The largest absolute Gasteiger partial charge is 0.444 e. The molecule has 1 aromatic rings. The fourth-order valence-electron chi connectivity index (χ4n) is 2.27. The number of anilines is 1. The number of pyridine rings is 1. The number of nitrogens with one attached hydrogen (secondary N) is 1. The van der Waals surface area contributed by atoms with Gasteiger partial charge in [-0.2, -0.15) is 0 Å². The van der Waals surface area contributed by atoms with Crippen molar-refractivity contribution in [1.29, 1.82) is 0 Å². The van der Waals surface area contributed by atoms with E-state index in [4.69, 9.17) is 4.74 Å². The van der Waals surface area contributed by atoms with Crippen molar-refractivity contribution in [2.75, 3.05) is 5.32 Å². The fourth-order valence-corrected chi connectivity index (χ4v) is 2.27. The molecule has 22 heavy (non-hydrogen) atoms. The first-order valence-electron chi connectivity index (χ1n) is 7.04. The Kier molecular flexibility index (Phi) is 4.02. The van der Waals surface area contributed by atoms with Gasteiger partial charge in [-0.05, 0) is 39.3 Å². The van der Waals surface area contributed by atoms with Crippen molar-refractivity contribution >= 4 is 11.8 Å². The molecule has 0 spiro atoms. The number of ether oxygens (including phenoxy) is 1. The maximum atomic E-state index is 13.0. The maximum Gasteiger partial charge on any atom is 0.412 e. The van der Waals surface area contributed by atoms with Crippen LogP contribution in [0.3, 0.4) is 0 Å². The van der Waals surface area contributed by atoms with Crippen LogP contribution in [0.1, 0.15) is 40.2 Å². The van der Waals surface area contributed by atoms with Crippen LogP contribution in [0.15, 0.2) is 23.1 Å². The Labute approximate surface area is 127 Å². The first kappa shape index (κ1) is 16.5. The molecule has 7 heteroatoms. The average Bonchev–Trinajstić information content (AvgIpc) is 3.03. The van der Waals surface area contributed by atoms with E-state index in [1.807, 2.05) is 0 Å². The molecule has 1 saturated carbocycles. The highest BCUT2D eigenvalue weighted by Gasteiger charge is 2.58. The Bertz CT molecular complexity index is 636. The zero-order valence-corrected chi connectivity index (χ0v) is 13.0. The van der Waals surface area contributed by atoms with Gasteiger partial charge in [-0.3, -0.25) is 10.1 Å². The molecule has 1 aliphatic carbocycles. The molecule has 122 valence electrons. The molecule has 0 aliphatic heterocycles. The smallest absolute Gasteiger partial charge is 0.412 e. The van der Waals surface area contributed by atoms with E-state index >= 15 is 0 Å². The summed E-state index contributed by atoms with van der Waals surface area (Å²) >= 11 is 0. The van der Waals surface area contributed by atoms with Gasteiger partial charge in [-0.1, -0.05) is 6.92 Å². The van der Waals surface area contributed by atoms with E-state index in [0.29, 0.717) is 0 Å². The van der Waals surface area contributed by atoms with Crippen LogP contribution in [0.2, 0.25) is 0 Å². The Morgan fingerprint density at radius 1 is 1.50 bits per heavy atom. The van der Waals surface area contributed by atoms with Gasteiger partial charge in [0.25, 0.3) is 5.56 Å². The Morgan fingerprint density at radius 2 is 2.14 bits per heavy atom. The minimum Gasteiger partial charge on any atom is -0.444 e. The van der Waals surface area contributed by atoms with E-state index in [0.717, 1.165) is 0 Å². The standard InChI is InChI=1S/C15H20F2N2O3/c1-14(2,3)22-13(21)18-9-6-5-7-19(11(9)20)10-8-15(10,4)12(16)17/h5-7,10,12H,8H2,1-4H3,(H,18,21)/t10-,15-/m0/s1. The van der Waals surface area contributed by atoms with Gasteiger partial charge in [-0.25, -0.2) is 13.6 Å². The molecular formula is C15H20F2N2O3. The predicted molar refractivity (Wildman–Crippen MR) is 78.3 cm³/mol. The van der Waals surface area contributed by atoms with Crippen molar-refractivity contribution in [2.24, 2.45) is 5.41 Å². The Morgan fingerprint density at radius 3 is 2.64 bits per heavy atom. The highest BCUT2D eigenvalue weighted by Crippen LogP contribution is 2.59. The number of aromatic nitrogens is 1. The molecular weight excluding hydrogens is 294 g/mol. The summed E-state index contributed by atoms with van der Waals surface area (Å²) in [5.74, 6) is 0. The number of carbonyl (C=O) groups excluding carboxylic acids is 1. The molecule has 0 saturated heterocycles. The molecule has 5 nitrogen and oxygen atoms in total. The van der Waals surface area contributed by atoms with Crippen LogP contribution in [-0.4, -0.2) is 22.7 Å². The highest BCUT2D eigenvalue weighted by atomic mass is 19.3. The minimum absolute atomic E-state index is 0.0141. The van der Waals surface area contributed by atoms with E-state index in [1.165, 1.54) is 29.8 Å². The van der Waals surface area contributed by atoms with Gasteiger partial charge in [0.05, 0.1) is 5.41 Å². The van der Waals surface area contributed by atoms with E-state index in [2.05, 4.69) is 5.32 Å². The van der Waals surface area contributed by atoms with Crippen LogP contribution in [-0.2, 0) is 4.74 Å². The summed E-state index contributed by atoms with van der Waals surface area (Å²) in [5, 5.41) is 2.36. The lowest BCUT2D eigenvalue weighted by Crippen LogP contribution is -2.31. The molecule has 1 N–H and O–H groups in total. The monoisotopic (exact) mass is 314 g/mol. The molecule has 0 bridgehead atoms. The van der Waals surface area contributed by atoms with Crippen molar-refractivity contribution < 1.29 is 18.3 Å². The summed E-state index contributed by atoms with van der Waals surface area (Å²) in [6.07, 6.45) is -1.55. The molecule has 2 rings (SSSR count). The van der Waals surface area contributed by atoms with Crippen LogP contribution in [0.4, 0.5) is 19.3 Å². The second-order valence-corrected chi connectivity index (χ2v) is 6.79. The Hall–Kier alpha value is -1.92. The van der Waals surface area contributed by atoms with Crippen molar-refractivity contribution in [1.82, 2.24) is 4.57 Å². The maximum absolute atomic E-state index is 13.0. The van der Waals surface area contributed by atoms with Crippen molar-refractivity contribution in [3.05, 3.63) is 28.7 Å². The predicted octanol–water partition coefficient (Wildman–Crippen LogP) is 3.41. The lowest BCUT2D eigenvalue weighted by Gasteiger charge is -2.19. The van der Waals surface area contributed by atoms with Crippen LogP contribution in [0, 0.1) is 5.41 Å². The SMILES string of the molecule is CC(C)(C)OC(=O)Nc1cccn([C@H]2C[C@]2(C)C(F)F)c1=O. The number of hydrogen-bond acceptors (Lipinski definition) is 3. The molecule has 1 heterocycles. The van der Waals surface area contributed by atoms with Crippen molar-refractivity contribution in [3.63, 3.8) is 0 Å². The molecule has 0 unspecified atom stereocenters. The number of carbonyl (C=O) groups is 1. The molecule has 1 aliphatic rings. The van der Waals surface area contributed by atoms with Crippen LogP contribution in [0.5, 0.6) is 0 Å². The number of hydrogen-bond donors (Lipinski definition) is 1. The topological polar surface area (TPSA) is 60.3 Å². The van der Waals surface area contributed by atoms with Crippen LogP contribution in [0.25, 0.3) is 0 Å². The number of rotatable bonds is 3. The van der Waals surface area contributed by atoms with Crippen LogP contribution >= 0.6 is 0 Å². The molecule has 0 aromatic carbocycles. The molecule has 1 aromatic heterocycles. The normalized spacial score (nSPS) is 24.2. The van der Waals surface area contributed by atoms with Gasteiger partial charge in [0.1, 0.15) is 11.3 Å². The third kappa shape index (κ3) is 3.28. The first-order chi connectivity index (χ1) is 10.0.